The zero-order valence-electron chi connectivity index (χ0n) is 15.0. The summed E-state index contributed by atoms with van der Waals surface area (Å²) in [4.78, 5) is 18.3. The molecular formula is C18H25N3O2S. The van der Waals surface area contributed by atoms with Crippen LogP contribution in [0.3, 0.4) is 0 Å². The van der Waals surface area contributed by atoms with Crippen molar-refractivity contribution in [1.82, 2.24) is 14.5 Å². The number of imidazole rings is 1. The predicted octanol–water partition coefficient (Wildman–Crippen LogP) is 3.14. The van der Waals surface area contributed by atoms with Crippen molar-refractivity contribution in [3.63, 3.8) is 0 Å². The van der Waals surface area contributed by atoms with Crippen molar-refractivity contribution >= 4 is 17.7 Å². The minimum Gasteiger partial charge on any atom is -0.383 e. The van der Waals surface area contributed by atoms with E-state index in [2.05, 4.69) is 16.5 Å². The first-order valence-corrected chi connectivity index (χ1v) is 8.88. The minimum atomic E-state index is 0.0233. The Morgan fingerprint density at radius 2 is 2.08 bits per heavy atom. The van der Waals surface area contributed by atoms with Crippen molar-refractivity contribution in [2.75, 3.05) is 27.8 Å². The maximum atomic E-state index is 12.1. The molecule has 2 rings (SSSR count). The summed E-state index contributed by atoms with van der Waals surface area (Å²) < 4.78 is 7.39. The van der Waals surface area contributed by atoms with E-state index in [0.717, 1.165) is 28.7 Å². The van der Waals surface area contributed by atoms with Crippen LogP contribution >= 0.6 is 11.8 Å². The van der Waals surface area contributed by atoms with E-state index < -0.39 is 0 Å². The van der Waals surface area contributed by atoms with Gasteiger partial charge in [-0.05, 0) is 31.5 Å². The van der Waals surface area contributed by atoms with Crippen LogP contribution < -0.4 is 0 Å². The Bertz CT molecular complexity index is 710. The van der Waals surface area contributed by atoms with Gasteiger partial charge in [0.2, 0.25) is 0 Å². The molecule has 0 unspecified atom stereocenters. The minimum absolute atomic E-state index is 0.0233. The van der Waals surface area contributed by atoms with Crippen molar-refractivity contribution in [2.45, 2.75) is 31.3 Å². The summed E-state index contributed by atoms with van der Waals surface area (Å²) in [5, 5.41) is 0.992. The zero-order chi connectivity index (χ0) is 17.7. The largest absolute Gasteiger partial charge is 0.383 e. The third-order valence-electron chi connectivity index (χ3n) is 3.89. The third kappa shape index (κ3) is 4.39. The molecule has 0 saturated carbocycles. The van der Waals surface area contributed by atoms with E-state index in [0.29, 0.717) is 12.2 Å². The SMILES string of the molecule is COCCn1c(SCc2cccc(C(=O)N(C)C)c2)nc(C)c1C. The molecule has 1 aromatic carbocycles. The molecular weight excluding hydrogens is 322 g/mol. The van der Waals surface area contributed by atoms with E-state index in [1.54, 1.807) is 37.9 Å². The lowest BCUT2D eigenvalue weighted by molar-refractivity contribution is 0.0827. The number of ether oxygens (including phenoxy) is 1. The summed E-state index contributed by atoms with van der Waals surface area (Å²) in [5.74, 6) is 0.798. The monoisotopic (exact) mass is 347 g/mol. The van der Waals surface area contributed by atoms with Gasteiger partial charge >= 0.3 is 0 Å². The molecule has 5 nitrogen and oxygen atoms in total. The van der Waals surface area contributed by atoms with E-state index in [1.165, 1.54) is 5.69 Å². The van der Waals surface area contributed by atoms with Gasteiger partial charge in [-0.25, -0.2) is 4.98 Å². The highest BCUT2D eigenvalue weighted by atomic mass is 32.2. The smallest absolute Gasteiger partial charge is 0.253 e. The third-order valence-corrected chi connectivity index (χ3v) is 4.94. The number of aromatic nitrogens is 2. The molecule has 1 aromatic heterocycles. The summed E-state index contributed by atoms with van der Waals surface area (Å²) in [7, 11) is 5.24. The summed E-state index contributed by atoms with van der Waals surface area (Å²) in [6.45, 7) is 5.57. The second-order valence-electron chi connectivity index (χ2n) is 5.90. The van der Waals surface area contributed by atoms with Crippen molar-refractivity contribution in [3.8, 4) is 0 Å². The van der Waals surface area contributed by atoms with E-state index in [-0.39, 0.29) is 5.91 Å². The molecule has 6 heteroatoms. The van der Waals surface area contributed by atoms with Gasteiger partial charge in [0.05, 0.1) is 12.3 Å². The second-order valence-corrected chi connectivity index (χ2v) is 6.84. The number of rotatable bonds is 7. The lowest BCUT2D eigenvalue weighted by Gasteiger charge is -2.12. The number of methoxy groups -OCH3 is 1. The fourth-order valence-electron chi connectivity index (χ4n) is 2.38. The fourth-order valence-corrected chi connectivity index (χ4v) is 3.44. The number of amides is 1. The Hall–Kier alpha value is -1.79. The van der Waals surface area contributed by atoms with Gasteiger partial charge in [-0.1, -0.05) is 23.9 Å². The molecule has 0 radical (unpaired) electrons. The number of benzene rings is 1. The van der Waals surface area contributed by atoms with Crippen molar-refractivity contribution in [3.05, 3.63) is 46.8 Å². The summed E-state index contributed by atoms with van der Waals surface area (Å²) in [6.07, 6.45) is 0. The maximum Gasteiger partial charge on any atom is 0.253 e. The van der Waals surface area contributed by atoms with E-state index >= 15 is 0 Å². The van der Waals surface area contributed by atoms with Crippen LogP contribution in [0.4, 0.5) is 0 Å². The molecule has 2 aromatic rings. The van der Waals surface area contributed by atoms with Crippen molar-refractivity contribution in [2.24, 2.45) is 0 Å². The molecule has 1 heterocycles. The highest BCUT2D eigenvalue weighted by Crippen LogP contribution is 2.25. The Labute approximate surface area is 148 Å². The standard InChI is InChI=1S/C18H25N3O2S/c1-13-14(2)21(9-10-23-5)18(19-13)24-12-15-7-6-8-16(11-15)17(22)20(3)4/h6-8,11H,9-10,12H2,1-5H3. The van der Waals surface area contributed by atoms with Gasteiger partial charge in [0, 0.05) is 44.8 Å². The number of hydrogen-bond acceptors (Lipinski definition) is 4. The first-order valence-electron chi connectivity index (χ1n) is 7.90. The van der Waals surface area contributed by atoms with Crippen LogP contribution in [0.5, 0.6) is 0 Å². The van der Waals surface area contributed by atoms with E-state index in [4.69, 9.17) is 4.74 Å². The van der Waals surface area contributed by atoms with Gasteiger partial charge in [-0.15, -0.1) is 0 Å². The van der Waals surface area contributed by atoms with Crippen LogP contribution in [0.1, 0.15) is 27.3 Å². The topological polar surface area (TPSA) is 47.4 Å². The van der Waals surface area contributed by atoms with Crippen molar-refractivity contribution in [1.29, 1.82) is 0 Å². The first kappa shape index (κ1) is 18.5. The lowest BCUT2D eigenvalue weighted by Crippen LogP contribution is -2.21. The predicted molar refractivity (Wildman–Crippen MR) is 97.6 cm³/mol. The molecule has 0 fully saturated rings. The number of carbonyl (C=O) groups is 1. The van der Waals surface area contributed by atoms with Crippen LogP contribution in [0.2, 0.25) is 0 Å². The van der Waals surface area contributed by atoms with E-state index in [9.17, 15) is 4.79 Å². The van der Waals surface area contributed by atoms with Gasteiger partial charge in [0.15, 0.2) is 5.16 Å². The average molecular weight is 347 g/mol. The van der Waals surface area contributed by atoms with Crippen LogP contribution in [0, 0.1) is 13.8 Å². The Kier molecular flexibility index (Phi) is 6.45. The lowest BCUT2D eigenvalue weighted by atomic mass is 10.1. The van der Waals surface area contributed by atoms with Gasteiger partial charge < -0.3 is 14.2 Å². The average Bonchev–Trinajstić information content (AvgIpc) is 2.84. The molecule has 0 aliphatic carbocycles. The molecule has 1 amide bonds. The van der Waals surface area contributed by atoms with Gasteiger partial charge in [0.25, 0.3) is 5.91 Å². The molecule has 24 heavy (non-hydrogen) atoms. The highest BCUT2D eigenvalue weighted by Gasteiger charge is 2.13. The zero-order valence-corrected chi connectivity index (χ0v) is 15.8. The normalized spacial score (nSPS) is 10.9. The molecule has 0 atom stereocenters. The molecule has 0 bridgehead atoms. The van der Waals surface area contributed by atoms with E-state index in [1.807, 2.05) is 31.2 Å². The Morgan fingerprint density at radius 3 is 2.75 bits per heavy atom. The summed E-state index contributed by atoms with van der Waals surface area (Å²) >= 11 is 1.69. The molecule has 0 N–H and O–H groups in total. The van der Waals surface area contributed by atoms with Crippen molar-refractivity contribution < 1.29 is 9.53 Å². The number of hydrogen-bond donors (Lipinski definition) is 0. The molecule has 0 saturated heterocycles. The van der Waals surface area contributed by atoms with Gasteiger partial charge in [-0.2, -0.15) is 0 Å². The van der Waals surface area contributed by atoms with Crippen LogP contribution in [0.25, 0.3) is 0 Å². The van der Waals surface area contributed by atoms with Crippen LogP contribution in [-0.2, 0) is 17.0 Å². The number of carbonyl (C=O) groups excluding carboxylic acids is 1. The fraction of sp³-hybridized carbons (Fsp3) is 0.444. The first-order chi connectivity index (χ1) is 11.4. The van der Waals surface area contributed by atoms with Crippen LogP contribution in [0.15, 0.2) is 29.4 Å². The molecule has 130 valence electrons. The van der Waals surface area contributed by atoms with Gasteiger partial charge in [-0.3, -0.25) is 4.79 Å². The second kappa shape index (κ2) is 8.35. The highest BCUT2D eigenvalue weighted by molar-refractivity contribution is 7.98. The molecule has 0 aliphatic heterocycles. The maximum absolute atomic E-state index is 12.1. The number of nitrogens with zero attached hydrogens (tertiary/aromatic N) is 3. The Morgan fingerprint density at radius 1 is 1.33 bits per heavy atom. The summed E-state index contributed by atoms with van der Waals surface area (Å²) in [5.41, 5.74) is 4.05. The quantitative estimate of drug-likeness (QED) is 0.722. The number of thioether (sulfide) groups is 1. The van der Waals surface area contributed by atoms with Crippen LogP contribution in [-0.4, -0.2) is 48.2 Å². The number of aryl methyl sites for hydroxylation is 1. The molecule has 0 aliphatic rings. The Balaban J connectivity index is 2.12. The molecule has 0 spiro atoms. The summed E-state index contributed by atoms with van der Waals surface area (Å²) in [6, 6.07) is 7.78. The van der Waals surface area contributed by atoms with Gasteiger partial charge in [0.1, 0.15) is 0 Å².